The Bertz CT molecular complexity index is 278. The molecule has 0 saturated heterocycles. The SMILES string of the molecule is CCc1c(Cl)nc2n1CCC2. The van der Waals surface area contributed by atoms with Crippen LogP contribution in [0.2, 0.25) is 5.15 Å². The normalized spacial score (nSPS) is 15.5. The Morgan fingerprint density at radius 2 is 2.45 bits per heavy atom. The number of nitrogens with zero attached hydrogens (tertiary/aromatic N) is 2. The van der Waals surface area contributed by atoms with Crippen molar-refractivity contribution in [2.75, 3.05) is 0 Å². The fraction of sp³-hybridized carbons (Fsp3) is 0.625. The van der Waals surface area contributed by atoms with Crippen molar-refractivity contribution >= 4 is 11.6 Å². The first-order valence-corrected chi connectivity index (χ1v) is 4.44. The van der Waals surface area contributed by atoms with Crippen molar-refractivity contribution in [2.45, 2.75) is 32.7 Å². The van der Waals surface area contributed by atoms with Crippen LogP contribution in [0.5, 0.6) is 0 Å². The molecule has 0 spiro atoms. The van der Waals surface area contributed by atoms with Crippen LogP contribution in [0.1, 0.15) is 24.9 Å². The van der Waals surface area contributed by atoms with Gasteiger partial charge >= 0.3 is 0 Å². The van der Waals surface area contributed by atoms with E-state index >= 15 is 0 Å². The molecule has 0 aliphatic carbocycles. The number of rotatable bonds is 1. The molecule has 60 valence electrons. The fourth-order valence-electron chi connectivity index (χ4n) is 1.69. The van der Waals surface area contributed by atoms with Crippen molar-refractivity contribution in [3.05, 3.63) is 16.7 Å². The lowest BCUT2D eigenvalue weighted by atomic mass is 10.3. The smallest absolute Gasteiger partial charge is 0.150 e. The monoisotopic (exact) mass is 170 g/mol. The van der Waals surface area contributed by atoms with Crippen molar-refractivity contribution in [1.82, 2.24) is 9.55 Å². The molecule has 2 rings (SSSR count). The van der Waals surface area contributed by atoms with Gasteiger partial charge in [0.2, 0.25) is 0 Å². The zero-order chi connectivity index (χ0) is 7.84. The van der Waals surface area contributed by atoms with Crippen LogP contribution >= 0.6 is 11.6 Å². The number of hydrogen-bond acceptors (Lipinski definition) is 1. The number of fused-ring (bicyclic) bond motifs is 1. The lowest BCUT2D eigenvalue weighted by molar-refractivity contribution is 0.712. The third-order valence-electron chi connectivity index (χ3n) is 2.22. The van der Waals surface area contributed by atoms with Crippen LogP contribution in [0.4, 0.5) is 0 Å². The van der Waals surface area contributed by atoms with Crippen LogP contribution in [0.3, 0.4) is 0 Å². The largest absolute Gasteiger partial charge is 0.331 e. The third kappa shape index (κ3) is 0.968. The molecule has 0 fully saturated rings. The van der Waals surface area contributed by atoms with Gasteiger partial charge in [0.25, 0.3) is 0 Å². The van der Waals surface area contributed by atoms with E-state index in [1.807, 2.05) is 0 Å². The lowest BCUT2D eigenvalue weighted by Gasteiger charge is -2.00. The Kier molecular flexibility index (Phi) is 1.64. The van der Waals surface area contributed by atoms with E-state index < -0.39 is 0 Å². The molecule has 2 nitrogen and oxygen atoms in total. The first-order valence-electron chi connectivity index (χ1n) is 4.06. The highest BCUT2D eigenvalue weighted by molar-refractivity contribution is 6.30. The highest BCUT2D eigenvalue weighted by Gasteiger charge is 2.17. The Balaban J connectivity index is 2.52. The molecule has 3 heteroatoms. The summed E-state index contributed by atoms with van der Waals surface area (Å²) in [5, 5.41) is 0.710. The maximum Gasteiger partial charge on any atom is 0.150 e. The average Bonchev–Trinajstić information content (AvgIpc) is 2.46. The zero-order valence-electron chi connectivity index (χ0n) is 6.60. The molecule has 1 aliphatic heterocycles. The van der Waals surface area contributed by atoms with E-state index in [0.717, 1.165) is 19.4 Å². The second-order valence-electron chi connectivity index (χ2n) is 2.87. The van der Waals surface area contributed by atoms with Crippen LogP contribution in [0.25, 0.3) is 0 Å². The van der Waals surface area contributed by atoms with E-state index in [9.17, 15) is 0 Å². The van der Waals surface area contributed by atoms with Crippen molar-refractivity contribution in [2.24, 2.45) is 0 Å². The highest BCUT2D eigenvalue weighted by atomic mass is 35.5. The molecule has 0 bridgehead atoms. The highest BCUT2D eigenvalue weighted by Crippen LogP contribution is 2.23. The van der Waals surface area contributed by atoms with Gasteiger partial charge in [-0.15, -0.1) is 0 Å². The van der Waals surface area contributed by atoms with Crippen molar-refractivity contribution in [3.63, 3.8) is 0 Å². The molecule has 1 aromatic heterocycles. The average molecular weight is 171 g/mol. The van der Waals surface area contributed by atoms with E-state index in [4.69, 9.17) is 11.6 Å². The molecule has 0 atom stereocenters. The Morgan fingerprint density at radius 3 is 3.18 bits per heavy atom. The molecule has 0 N–H and O–H groups in total. The van der Waals surface area contributed by atoms with Gasteiger partial charge in [-0.3, -0.25) is 0 Å². The van der Waals surface area contributed by atoms with Crippen LogP contribution in [-0.4, -0.2) is 9.55 Å². The van der Waals surface area contributed by atoms with Crippen LogP contribution in [-0.2, 0) is 19.4 Å². The van der Waals surface area contributed by atoms with E-state index in [2.05, 4.69) is 16.5 Å². The Labute approximate surface area is 71.2 Å². The molecular formula is C8H11ClN2. The maximum absolute atomic E-state index is 5.93. The van der Waals surface area contributed by atoms with Gasteiger partial charge in [0.05, 0.1) is 5.69 Å². The molecule has 1 aromatic rings. The van der Waals surface area contributed by atoms with Gasteiger partial charge in [-0.1, -0.05) is 18.5 Å². The van der Waals surface area contributed by atoms with Gasteiger partial charge in [0.1, 0.15) is 5.82 Å². The fourth-order valence-corrected chi connectivity index (χ4v) is 2.03. The Morgan fingerprint density at radius 1 is 1.64 bits per heavy atom. The summed E-state index contributed by atoms with van der Waals surface area (Å²) in [5.41, 5.74) is 1.21. The minimum atomic E-state index is 0.710. The van der Waals surface area contributed by atoms with Gasteiger partial charge in [-0.25, -0.2) is 4.98 Å². The zero-order valence-corrected chi connectivity index (χ0v) is 7.36. The van der Waals surface area contributed by atoms with Crippen molar-refractivity contribution in [3.8, 4) is 0 Å². The first-order chi connectivity index (χ1) is 5.33. The van der Waals surface area contributed by atoms with Gasteiger partial charge < -0.3 is 4.57 Å². The quantitative estimate of drug-likeness (QED) is 0.631. The van der Waals surface area contributed by atoms with Gasteiger partial charge in [-0.05, 0) is 12.8 Å². The summed E-state index contributed by atoms with van der Waals surface area (Å²) in [7, 11) is 0. The summed E-state index contributed by atoms with van der Waals surface area (Å²) in [4.78, 5) is 4.29. The standard InChI is InChI=1S/C8H11ClN2/c1-2-6-8(9)10-7-4-3-5-11(6)7/h2-5H2,1H3. The second kappa shape index (κ2) is 2.52. The van der Waals surface area contributed by atoms with Gasteiger partial charge in [0, 0.05) is 13.0 Å². The van der Waals surface area contributed by atoms with Crippen molar-refractivity contribution in [1.29, 1.82) is 0 Å². The molecule has 0 unspecified atom stereocenters. The van der Waals surface area contributed by atoms with Crippen molar-refractivity contribution < 1.29 is 0 Å². The number of imidazole rings is 1. The Hall–Kier alpha value is -0.500. The summed E-state index contributed by atoms with van der Waals surface area (Å²) in [6.07, 6.45) is 3.32. The number of aromatic nitrogens is 2. The first kappa shape index (κ1) is 7.17. The molecule has 0 radical (unpaired) electrons. The molecule has 2 heterocycles. The molecular weight excluding hydrogens is 160 g/mol. The van der Waals surface area contributed by atoms with E-state index in [-0.39, 0.29) is 0 Å². The second-order valence-corrected chi connectivity index (χ2v) is 3.23. The summed E-state index contributed by atoms with van der Waals surface area (Å²) in [6.45, 7) is 3.23. The summed E-state index contributed by atoms with van der Waals surface area (Å²) in [6, 6.07) is 0. The van der Waals surface area contributed by atoms with Crippen LogP contribution in [0.15, 0.2) is 0 Å². The van der Waals surface area contributed by atoms with Gasteiger partial charge in [-0.2, -0.15) is 0 Å². The predicted octanol–water partition coefficient (Wildman–Crippen LogP) is 2.05. The summed E-state index contributed by atoms with van der Waals surface area (Å²) in [5.74, 6) is 1.17. The van der Waals surface area contributed by atoms with E-state index in [0.29, 0.717) is 5.15 Å². The molecule has 11 heavy (non-hydrogen) atoms. The van der Waals surface area contributed by atoms with Crippen LogP contribution in [0, 0.1) is 0 Å². The minimum absolute atomic E-state index is 0.710. The van der Waals surface area contributed by atoms with E-state index in [1.165, 1.54) is 17.9 Å². The number of aryl methyl sites for hydroxylation is 1. The van der Waals surface area contributed by atoms with Gasteiger partial charge in [0.15, 0.2) is 5.15 Å². The summed E-state index contributed by atoms with van der Waals surface area (Å²) >= 11 is 5.93. The third-order valence-corrected chi connectivity index (χ3v) is 2.52. The van der Waals surface area contributed by atoms with E-state index in [1.54, 1.807) is 0 Å². The number of halogens is 1. The summed E-state index contributed by atoms with van der Waals surface area (Å²) < 4.78 is 2.25. The molecule has 0 saturated carbocycles. The molecule has 1 aliphatic rings. The topological polar surface area (TPSA) is 17.8 Å². The predicted molar refractivity (Wildman–Crippen MR) is 44.9 cm³/mol. The number of hydrogen-bond donors (Lipinski definition) is 0. The minimum Gasteiger partial charge on any atom is -0.331 e. The molecule has 0 aromatic carbocycles. The molecule has 0 amide bonds. The maximum atomic E-state index is 5.93. The lowest BCUT2D eigenvalue weighted by Crippen LogP contribution is -1.97. The van der Waals surface area contributed by atoms with Crippen LogP contribution < -0.4 is 0 Å².